The van der Waals surface area contributed by atoms with Gasteiger partial charge in [0, 0.05) is 5.56 Å². The summed E-state index contributed by atoms with van der Waals surface area (Å²) in [6, 6.07) is 16.9. The maximum Gasteiger partial charge on any atom is 0.236 e. The standard InChI is InChI=1S/C20H12N2O3S/c21-20-22-13-8-9-14-15(19(13)26-20)16(23)17(24)18(25-14)12-7-3-5-10-4-1-2-6-11(10)12/h1-9,24H,(H2,21,22). The van der Waals surface area contributed by atoms with Crippen molar-refractivity contribution in [2.45, 2.75) is 0 Å². The first-order valence-electron chi connectivity index (χ1n) is 7.96. The van der Waals surface area contributed by atoms with Gasteiger partial charge in [-0.15, -0.1) is 0 Å². The zero-order valence-electron chi connectivity index (χ0n) is 13.4. The number of nitrogens with two attached hydrogens (primary N) is 1. The lowest BCUT2D eigenvalue weighted by Crippen LogP contribution is -2.03. The summed E-state index contributed by atoms with van der Waals surface area (Å²) >= 11 is 1.20. The molecule has 3 aromatic carbocycles. The molecule has 0 fully saturated rings. The molecule has 0 saturated carbocycles. The fourth-order valence-electron chi connectivity index (χ4n) is 3.28. The summed E-state index contributed by atoms with van der Waals surface area (Å²) in [5.41, 5.74) is 6.96. The molecule has 126 valence electrons. The zero-order chi connectivity index (χ0) is 17.8. The minimum atomic E-state index is -0.483. The van der Waals surface area contributed by atoms with Crippen molar-refractivity contribution in [2.24, 2.45) is 0 Å². The summed E-state index contributed by atoms with van der Waals surface area (Å²) in [6.07, 6.45) is 0. The molecule has 0 bridgehead atoms. The lowest BCUT2D eigenvalue weighted by Gasteiger charge is -2.09. The lowest BCUT2D eigenvalue weighted by molar-refractivity contribution is 0.449. The van der Waals surface area contributed by atoms with Gasteiger partial charge in [0.15, 0.2) is 10.9 Å². The minimum Gasteiger partial charge on any atom is -0.502 e. The number of aromatic hydroxyl groups is 1. The van der Waals surface area contributed by atoms with Gasteiger partial charge >= 0.3 is 0 Å². The average Bonchev–Trinajstić information content (AvgIpc) is 3.04. The summed E-state index contributed by atoms with van der Waals surface area (Å²) < 4.78 is 6.59. The number of rotatable bonds is 1. The van der Waals surface area contributed by atoms with Crippen molar-refractivity contribution in [1.29, 1.82) is 0 Å². The molecule has 26 heavy (non-hydrogen) atoms. The van der Waals surface area contributed by atoms with Gasteiger partial charge < -0.3 is 15.3 Å². The van der Waals surface area contributed by atoms with Crippen LogP contribution >= 0.6 is 11.3 Å². The predicted octanol–water partition coefficient (Wildman–Crippen LogP) is 4.51. The van der Waals surface area contributed by atoms with Crippen LogP contribution in [-0.4, -0.2) is 10.1 Å². The van der Waals surface area contributed by atoms with E-state index in [9.17, 15) is 9.90 Å². The molecular formula is C20H12N2O3S. The van der Waals surface area contributed by atoms with E-state index in [0.29, 0.717) is 31.9 Å². The van der Waals surface area contributed by atoms with E-state index in [4.69, 9.17) is 10.2 Å². The predicted molar refractivity (Wildman–Crippen MR) is 105 cm³/mol. The van der Waals surface area contributed by atoms with Crippen molar-refractivity contribution in [1.82, 2.24) is 4.98 Å². The molecule has 0 radical (unpaired) electrons. The molecule has 0 spiro atoms. The summed E-state index contributed by atoms with van der Waals surface area (Å²) in [5.74, 6) is -0.246. The second-order valence-electron chi connectivity index (χ2n) is 5.97. The van der Waals surface area contributed by atoms with Crippen LogP contribution in [0.25, 0.3) is 43.3 Å². The molecule has 5 nitrogen and oxygen atoms in total. The highest BCUT2D eigenvalue weighted by atomic mass is 32.1. The van der Waals surface area contributed by atoms with Crippen LogP contribution in [0.3, 0.4) is 0 Å². The van der Waals surface area contributed by atoms with Gasteiger partial charge in [-0.1, -0.05) is 53.8 Å². The highest BCUT2D eigenvalue weighted by Gasteiger charge is 2.20. The highest BCUT2D eigenvalue weighted by Crippen LogP contribution is 2.37. The highest BCUT2D eigenvalue weighted by molar-refractivity contribution is 7.23. The molecule has 0 saturated heterocycles. The number of benzene rings is 3. The summed E-state index contributed by atoms with van der Waals surface area (Å²) in [6.45, 7) is 0. The van der Waals surface area contributed by atoms with E-state index >= 15 is 0 Å². The van der Waals surface area contributed by atoms with Gasteiger partial charge in [0.2, 0.25) is 11.2 Å². The molecule has 0 amide bonds. The third kappa shape index (κ3) is 2.02. The molecule has 0 aliphatic heterocycles. The maximum atomic E-state index is 12.9. The van der Waals surface area contributed by atoms with Crippen LogP contribution < -0.4 is 11.2 Å². The lowest BCUT2D eigenvalue weighted by atomic mass is 10.0. The van der Waals surface area contributed by atoms with Crippen LogP contribution in [0.1, 0.15) is 0 Å². The normalized spacial score (nSPS) is 11.5. The van der Waals surface area contributed by atoms with E-state index < -0.39 is 11.2 Å². The van der Waals surface area contributed by atoms with E-state index in [1.165, 1.54) is 11.3 Å². The van der Waals surface area contributed by atoms with Gasteiger partial charge in [0.05, 0.1) is 15.6 Å². The van der Waals surface area contributed by atoms with Crippen molar-refractivity contribution in [2.75, 3.05) is 5.73 Å². The maximum absolute atomic E-state index is 12.9. The second-order valence-corrected chi connectivity index (χ2v) is 7.01. The zero-order valence-corrected chi connectivity index (χ0v) is 14.2. The molecule has 6 heteroatoms. The molecule has 2 aromatic heterocycles. The van der Waals surface area contributed by atoms with Crippen LogP contribution in [0, 0.1) is 0 Å². The van der Waals surface area contributed by atoms with Crippen molar-refractivity contribution >= 4 is 48.4 Å². The second kappa shape index (κ2) is 5.31. The molecule has 0 aliphatic rings. The molecule has 0 aliphatic carbocycles. The van der Waals surface area contributed by atoms with Crippen molar-refractivity contribution in [3.05, 3.63) is 64.8 Å². The van der Waals surface area contributed by atoms with Crippen LogP contribution in [0.5, 0.6) is 5.75 Å². The Bertz CT molecular complexity index is 1380. The fourth-order valence-corrected chi connectivity index (χ4v) is 4.14. The number of aromatic nitrogens is 1. The first-order chi connectivity index (χ1) is 12.6. The Hall–Kier alpha value is -3.38. The molecule has 2 heterocycles. The summed E-state index contributed by atoms with van der Waals surface area (Å²) in [4.78, 5) is 17.1. The van der Waals surface area contributed by atoms with Crippen molar-refractivity contribution < 1.29 is 9.52 Å². The van der Waals surface area contributed by atoms with Gasteiger partial charge in [0.1, 0.15) is 5.58 Å². The van der Waals surface area contributed by atoms with Crippen LogP contribution in [0.2, 0.25) is 0 Å². The van der Waals surface area contributed by atoms with Gasteiger partial charge in [-0.3, -0.25) is 4.79 Å². The van der Waals surface area contributed by atoms with Crippen LogP contribution in [0.15, 0.2) is 63.8 Å². The smallest absolute Gasteiger partial charge is 0.236 e. The number of anilines is 1. The van der Waals surface area contributed by atoms with Gasteiger partial charge in [-0.25, -0.2) is 4.98 Å². The summed E-state index contributed by atoms with van der Waals surface area (Å²) in [7, 11) is 0. The fraction of sp³-hybridized carbons (Fsp3) is 0. The first-order valence-corrected chi connectivity index (χ1v) is 8.78. The molecular weight excluding hydrogens is 348 g/mol. The number of thiazole rings is 1. The Labute approximate surface area is 150 Å². The Morgan fingerprint density at radius 2 is 1.85 bits per heavy atom. The van der Waals surface area contributed by atoms with Crippen molar-refractivity contribution in [3.63, 3.8) is 0 Å². The molecule has 0 unspecified atom stereocenters. The Kier molecular flexibility index (Phi) is 3.05. The molecule has 5 aromatic rings. The third-order valence-electron chi connectivity index (χ3n) is 4.44. The average molecular weight is 360 g/mol. The Morgan fingerprint density at radius 3 is 2.73 bits per heavy atom. The molecule has 5 rings (SSSR count). The Morgan fingerprint density at radius 1 is 1.04 bits per heavy atom. The largest absolute Gasteiger partial charge is 0.502 e. The van der Waals surface area contributed by atoms with E-state index in [1.54, 1.807) is 12.1 Å². The van der Waals surface area contributed by atoms with E-state index in [1.807, 2.05) is 42.5 Å². The number of hydrogen-bond acceptors (Lipinski definition) is 6. The SMILES string of the molecule is Nc1nc2ccc3oc(-c4cccc5ccccc45)c(O)c(=O)c3c2s1. The van der Waals surface area contributed by atoms with Crippen LogP contribution in [0.4, 0.5) is 5.13 Å². The van der Waals surface area contributed by atoms with E-state index in [0.717, 1.165) is 10.8 Å². The molecule has 0 atom stereocenters. The van der Waals surface area contributed by atoms with Gasteiger partial charge in [-0.2, -0.15) is 0 Å². The van der Waals surface area contributed by atoms with Crippen molar-refractivity contribution in [3.8, 4) is 17.1 Å². The van der Waals surface area contributed by atoms with E-state index in [-0.39, 0.29) is 5.76 Å². The number of nitrogens with zero attached hydrogens (tertiary/aromatic N) is 1. The first kappa shape index (κ1) is 14.9. The van der Waals surface area contributed by atoms with Gasteiger partial charge in [-0.05, 0) is 22.9 Å². The monoisotopic (exact) mass is 360 g/mol. The quantitative estimate of drug-likeness (QED) is 0.459. The minimum absolute atomic E-state index is 0.163. The number of hydrogen-bond donors (Lipinski definition) is 2. The summed E-state index contributed by atoms with van der Waals surface area (Å²) in [5, 5.41) is 13.2. The number of nitrogen functional groups attached to an aromatic ring is 1. The topological polar surface area (TPSA) is 89.3 Å². The van der Waals surface area contributed by atoms with Gasteiger partial charge in [0.25, 0.3) is 0 Å². The van der Waals surface area contributed by atoms with Crippen LogP contribution in [-0.2, 0) is 0 Å². The number of fused-ring (bicyclic) bond motifs is 4. The van der Waals surface area contributed by atoms with E-state index in [2.05, 4.69) is 4.98 Å². The molecule has 3 N–H and O–H groups in total. The third-order valence-corrected chi connectivity index (χ3v) is 5.36. The Balaban J connectivity index is 1.91.